The Kier molecular flexibility index (Phi) is 6.73. The lowest BCUT2D eigenvalue weighted by atomic mass is 10.1. The summed E-state index contributed by atoms with van der Waals surface area (Å²) in [7, 11) is 1.64. The van der Waals surface area contributed by atoms with Crippen molar-refractivity contribution in [2.24, 2.45) is 0 Å². The molecule has 188 valence electrons. The number of amides is 2. The fourth-order valence-electron chi connectivity index (χ4n) is 3.37. The number of pyridine rings is 1. The summed E-state index contributed by atoms with van der Waals surface area (Å²) in [6.07, 6.45) is 0.233. The largest absolute Gasteiger partial charge is 0.418 e. The van der Waals surface area contributed by atoms with E-state index in [2.05, 4.69) is 36.2 Å². The number of nitrogens with one attached hydrogen (secondary N) is 4. The molecule has 4 rings (SSSR count). The molecule has 1 aromatic carbocycles. The van der Waals surface area contributed by atoms with Crippen molar-refractivity contribution in [2.75, 3.05) is 17.7 Å². The number of anilines is 3. The van der Waals surface area contributed by atoms with Crippen molar-refractivity contribution < 1.29 is 27.2 Å². The van der Waals surface area contributed by atoms with Crippen LogP contribution in [0.4, 0.5) is 34.8 Å². The number of hydrogen-bond acceptors (Lipinski definition) is 7. The molecular formula is C23H21F4N7O2. The summed E-state index contributed by atoms with van der Waals surface area (Å²) >= 11 is 0. The number of rotatable bonds is 8. The van der Waals surface area contributed by atoms with Crippen LogP contribution in [-0.4, -0.2) is 39.4 Å². The summed E-state index contributed by atoms with van der Waals surface area (Å²) in [6, 6.07) is 5.34. The van der Waals surface area contributed by atoms with Crippen LogP contribution < -0.4 is 21.3 Å². The lowest BCUT2D eigenvalue weighted by Gasteiger charge is -2.17. The maximum Gasteiger partial charge on any atom is 0.418 e. The van der Waals surface area contributed by atoms with Gasteiger partial charge in [0, 0.05) is 7.05 Å². The van der Waals surface area contributed by atoms with Crippen LogP contribution in [0.1, 0.15) is 34.6 Å². The first kappa shape index (κ1) is 24.8. The predicted molar refractivity (Wildman–Crippen MR) is 122 cm³/mol. The smallest absolute Gasteiger partial charge is 0.372 e. The zero-order valence-electron chi connectivity index (χ0n) is 18.9. The minimum Gasteiger partial charge on any atom is -0.372 e. The molecule has 0 atom stereocenters. The fraction of sp³-hybridized carbons (Fsp3) is 0.261. The minimum absolute atomic E-state index is 0.0378. The zero-order valence-corrected chi connectivity index (χ0v) is 18.9. The van der Waals surface area contributed by atoms with Gasteiger partial charge in [-0.25, -0.2) is 9.37 Å². The molecule has 0 spiro atoms. The van der Waals surface area contributed by atoms with Gasteiger partial charge in [0.05, 0.1) is 47.8 Å². The Morgan fingerprint density at radius 1 is 1.08 bits per heavy atom. The molecule has 0 aliphatic heterocycles. The number of halogens is 4. The highest BCUT2D eigenvalue weighted by atomic mass is 19.4. The Morgan fingerprint density at radius 3 is 2.50 bits per heavy atom. The van der Waals surface area contributed by atoms with Crippen molar-refractivity contribution in [2.45, 2.75) is 31.1 Å². The molecule has 0 bridgehead atoms. The highest BCUT2D eigenvalue weighted by Gasteiger charge is 2.51. The highest BCUT2D eigenvalue weighted by molar-refractivity contribution is 5.99. The van der Waals surface area contributed by atoms with E-state index in [1.807, 2.05) is 0 Å². The molecule has 2 heterocycles. The predicted octanol–water partition coefficient (Wildman–Crippen LogP) is 3.39. The van der Waals surface area contributed by atoms with E-state index in [1.165, 1.54) is 30.7 Å². The van der Waals surface area contributed by atoms with Gasteiger partial charge >= 0.3 is 6.18 Å². The molecule has 1 saturated carbocycles. The molecule has 4 N–H and O–H groups in total. The molecule has 1 aliphatic carbocycles. The van der Waals surface area contributed by atoms with E-state index in [0.29, 0.717) is 30.4 Å². The Balaban J connectivity index is 1.35. The first-order valence-electron chi connectivity index (χ1n) is 10.8. The molecule has 0 unspecified atom stereocenters. The summed E-state index contributed by atoms with van der Waals surface area (Å²) in [5.41, 5.74) is -1.74. The van der Waals surface area contributed by atoms with Crippen LogP contribution in [-0.2, 0) is 17.5 Å². The molecule has 13 heteroatoms. The standard InChI is InChI=1S/C23H21F4N7O2/c1-28-19-12-29-11-18(33-19)20(35)34-22(6-7-22)21(36)31-9-14-3-4-15(10-30-14)32-17-5-2-13(24)8-16(17)23(25,26)27/h2-5,8,10-12,32H,6-7,9H2,1H3,(H,28,33)(H,31,36)(H,34,35). The van der Waals surface area contributed by atoms with E-state index < -0.39 is 34.9 Å². The van der Waals surface area contributed by atoms with Crippen LogP contribution in [0.25, 0.3) is 0 Å². The molecule has 1 aliphatic rings. The van der Waals surface area contributed by atoms with E-state index >= 15 is 0 Å². The second kappa shape index (κ2) is 9.76. The van der Waals surface area contributed by atoms with Crippen LogP contribution in [0.3, 0.4) is 0 Å². The van der Waals surface area contributed by atoms with E-state index in [1.54, 1.807) is 7.05 Å². The molecule has 36 heavy (non-hydrogen) atoms. The van der Waals surface area contributed by atoms with Crippen molar-refractivity contribution in [3.63, 3.8) is 0 Å². The Hall–Kier alpha value is -4.29. The first-order chi connectivity index (χ1) is 17.1. The van der Waals surface area contributed by atoms with Gasteiger partial charge in [0.15, 0.2) is 0 Å². The van der Waals surface area contributed by atoms with Gasteiger partial charge in [-0.15, -0.1) is 0 Å². The zero-order chi connectivity index (χ0) is 25.9. The van der Waals surface area contributed by atoms with Gasteiger partial charge in [-0.05, 0) is 43.2 Å². The van der Waals surface area contributed by atoms with Crippen molar-refractivity contribution >= 4 is 29.0 Å². The Bertz CT molecular complexity index is 1280. The van der Waals surface area contributed by atoms with Gasteiger partial charge in [-0.1, -0.05) is 0 Å². The van der Waals surface area contributed by atoms with Gasteiger partial charge in [0.2, 0.25) is 5.91 Å². The maximum absolute atomic E-state index is 13.3. The SMILES string of the molecule is CNc1cncc(C(=O)NC2(C(=O)NCc3ccc(Nc4ccc(F)cc4C(F)(F)F)cn3)CC2)n1. The summed E-state index contributed by atoms with van der Waals surface area (Å²) in [5.74, 6) is -1.50. The van der Waals surface area contributed by atoms with E-state index in [-0.39, 0.29) is 23.6 Å². The number of alkyl halides is 3. The quantitative estimate of drug-likeness (QED) is 0.348. The number of nitrogens with zero attached hydrogens (tertiary/aromatic N) is 3. The molecule has 2 aromatic heterocycles. The molecule has 9 nitrogen and oxygen atoms in total. The summed E-state index contributed by atoms with van der Waals surface area (Å²) in [6.45, 7) is 0.0378. The van der Waals surface area contributed by atoms with Crippen LogP contribution in [0.2, 0.25) is 0 Å². The van der Waals surface area contributed by atoms with Crippen molar-refractivity contribution in [3.8, 4) is 0 Å². The van der Waals surface area contributed by atoms with Gasteiger partial charge in [0.25, 0.3) is 5.91 Å². The van der Waals surface area contributed by atoms with Crippen molar-refractivity contribution in [3.05, 3.63) is 71.7 Å². The Morgan fingerprint density at radius 2 is 1.86 bits per heavy atom. The third kappa shape index (κ3) is 5.67. The van der Waals surface area contributed by atoms with Crippen molar-refractivity contribution in [1.82, 2.24) is 25.6 Å². The summed E-state index contributed by atoms with van der Waals surface area (Å²) in [4.78, 5) is 37.4. The lowest BCUT2D eigenvalue weighted by molar-refractivity contribution is -0.137. The molecule has 2 amide bonds. The number of hydrogen-bond donors (Lipinski definition) is 4. The van der Waals surface area contributed by atoms with E-state index in [4.69, 9.17) is 0 Å². The maximum atomic E-state index is 13.3. The molecule has 0 saturated heterocycles. The number of aromatic nitrogens is 3. The van der Waals surface area contributed by atoms with E-state index in [9.17, 15) is 27.2 Å². The third-order valence-corrected chi connectivity index (χ3v) is 5.48. The van der Waals surface area contributed by atoms with Crippen LogP contribution in [0.15, 0.2) is 48.9 Å². The molecule has 0 radical (unpaired) electrons. The van der Waals surface area contributed by atoms with Crippen LogP contribution in [0, 0.1) is 5.82 Å². The van der Waals surface area contributed by atoms with E-state index in [0.717, 1.165) is 12.1 Å². The average Bonchev–Trinajstić information content (AvgIpc) is 3.64. The molecular weight excluding hydrogens is 482 g/mol. The minimum atomic E-state index is -4.74. The van der Waals surface area contributed by atoms with Gasteiger partial charge in [0.1, 0.15) is 22.9 Å². The van der Waals surface area contributed by atoms with Crippen LogP contribution >= 0.6 is 0 Å². The third-order valence-electron chi connectivity index (χ3n) is 5.48. The fourth-order valence-corrected chi connectivity index (χ4v) is 3.37. The lowest BCUT2D eigenvalue weighted by Crippen LogP contribution is -2.49. The second-order valence-electron chi connectivity index (χ2n) is 8.11. The summed E-state index contributed by atoms with van der Waals surface area (Å²) < 4.78 is 52.8. The first-order valence-corrected chi connectivity index (χ1v) is 10.8. The average molecular weight is 503 g/mol. The summed E-state index contributed by atoms with van der Waals surface area (Å²) in [5, 5.41) is 10.8. The van der Waals surface area contributed by atoms with Gasteiger partial charge < -0.3 is 21.3 Å². The second-order valence-corrected chi connectivity index (χ2v) is 8.11. The van der Waals surface area contributed by atoms with Gasteiger partial charge in [-0.2, -0.15) is 13.2 Å². The van der Waals surface area contributed by atoms with Crippen molar-refractivity contribution in [1.29, 1.82) is 0 Å². The number of benzene rings is 1. The normalized spacial score (nSPS) is 14.0. The number of carbonyl (C=O) groups excluding carboxylic acids is 2. The monoisotopic (exact) mass is 503 g/mol. The Labute approximate surface area is 202 Å². The van der Waals surface area contributed by atoms with Crippen LogP contribution in [0.5, 0.6) is 0 Å². The molecule has 3 aromatic rings. The van der Waals surface area contributed by atoms with Gasteiger partial charge in [-0.3, -0.25) is 19.6 Å². The topological polar surface area (TPSA) is 121 Å². The highest BCUT2D eigenvalue weighted by Crippen LogP contribution is 2.37. The number of carbonyl (C=O) groups is 2. The molecule has 1 fully saturated rings.